The molecule has 1 aromatic heterocycles. The third-order valence-corrected chi connectivity index (χ3v) is 4.99. The Kier molecular flexibility index (Phi) is 5.13. The molecule has 3 nitrogen and oxygen atoms in total. The molecule has 1 fully saturated rings. The van der Waals surface area contributed by atoms with Gasteiger partial charge in [-0.05, 0) is 38.1 Å². The number of rotatable bonds is 5. The predicted octanol–water partition coefficient (Wildman–Crippen LogP) is 3.07. The van der Waals surface area contributed by atoms with Crippen molar-refractivity contribution < 1.29 is 0 Å². The van der Waals surface area contributed by atoms with Crippen molar-refractivity contribution in [2.75, 3.05) is 6.54 Å². The smallest absolute Gasteiger partial charge is 0.0625 e. The number of nitrogens with one attached hydrogen (secondary N) is 1. The van der Waals surface area contributed by atoms with Crippen molar-refractivity contribution in [1.82, 2.24) is 15.1 Å². The molecule has 1 saturated carbocycles. The monoisotopic (exact) mass is 267 g/mol. The van der Waals surface area contributed by atoms with E-state index >= 15 is 0 Å². The van der Waals surface area contributed by atoms with Gasteiger partial charge in [0.15, 0.2) is 0 Å². The van der Waals surface area contributed by atoms with Gasteiger partial charge in [-0.1, -0.05) is 13.8 Å². The zero-order chi connectivity index (χ0) is 13.0. The lowest BCUT2D eigenvalue weighted by molar-refractivity contribution is 0.317. The molecular formula is C14H25N3S. The predicted molar refractivity (Wildman–Crippen MR) is 77.9 cm³/mol. The number of nitrogens with zero attached hydrogens (tertiary/aromatic N) is 2. The highest BCUT2D eigenvalue weighted by atomic mass is 32.2. The number of hydrogen-bond donors (Lipinski definition) is 1. The second-order valence-corrected chi connectivity index (χ2v) is 6.80. The molecule has 3 unspecified atom stereocenters. The lowest BCUT2D eigenvalue weighted by atomic mass is 9.87. The third-order valence-electron chi connectivity index (χ3n) is 3.68. The molecule has 0 spiro atoms. The lowest BCUT2D eigenvalue weighted by Crippen LogP contribution is -2.42. The molecule has 102 valence electrons. The molecule has 0 amide bonds. The summed E-state index contributed by atoms with van der Waals surface area (Å²) in [5, 5.41) is 8.68. The molecule has 0 bridgehead atoms. The Morgan fingerprint density at radius 3 is 3.00 bits per heavy atom. The summed E-state index contributed by atoms with van der Waals surface area (Å²) in [7, 11) is 1.99. The fourth-order valence-corrected chi connectivity index (χ4v) is 4.15. The van der Waals surface area contributed by atoms with E-state index < -0.39 is 0 Å². The summed E-state index contributed by atoms with van der Waals surface area (Å²) in [6.45, 7) is 5.76. The minimum Gasteiger partial charge on any atom is -0.313 e. The van der Waals surface area contributed by atoms with Crippen LogP contribution >= 0.6 is 11.8 Å². The fourth-order valence-electron chi connectivity index (χ4n) is 2.66. The number of thioether (sulfide) groups is 1. The Hall–Kier alpha value is -0.480. The van der Waals surface area contributed by atoms with E-state index in [1.807, 2.05) is 29.7 Å². The van der Waals surface area contributed by atoms with E-state index in [9.17, 15) is 0 Å². The molecule has 1 aliphatic rings. The molecule has 3 atom stereocenters. The van der Waals surface area contributed by atoms with Crippen molar-refractivity contribution in [3.8, 4) is 0 Å². The van der Waals surface area contributed by atoms with E-state index in [2.05, 4.69) is 30.5 Å². The molecule has 1 N–H and O–H groups in total. The lowest BCUT2D eigenvalue weighted by Gasteiger charge is -2.35. The van der Waals surface area contributed by atoms with E-state index in [1.54, 1.807) is 0 Å². The fraction of sp³-hybridized carbons (Fsp3) is 0.786. The minimum absolute atomic E-state index is 0.673. The van der Waals surface area contributed by atoms with Crippen molar-refractivity contribution in [2.45, 2.75) is 55.7 Å². The highest BCUT2D eigenvalue weighted by Crippen LogP contribution is 2.36. The van der Waals surface area contributed by atoms with Crippen LogP contribution in [0.4, 0.5) is 0 Å². The molecule has 1 aromatic rings. The van der Waals surface area contributed by atoms with Crippen LogP contribution in [0, 0.1) is 5.92 Å². The van der Waals surface area contributed by atoms with Gasteiger partial charge in [0, 0.05) is 29.4 Å². The largest absolute Gasteiger partial charge is 0.313 e. The topological polar surface area (TPSA) is 29.9 Å². The van der Waals surface area contributed by atoms with Crippen LogP contribution in [0.1, 0.15) is 39.5 Å². The quantitative estimate of drug-likeness (QED) is 0.889. The normalized spacial score (nSPS) is 28.5. The van der Waals surface area contributed by atoms with Crippen LogP contribution in [0.5, 0.6) is 0 Å². The molecule has 18 heavy (non-hydrogen) atoms. The van der Waals surface area contributed by atoms with Crippen molar-refractivity contribution in [3.05, 3.63) is 12.4 Å². The maximum Gasteiger partial charge on any atom is 0.0625 e. The summed E-state index contributed by atoms with van der Waals surface area (Å²) >= 11 is 2.00. The van der Waals surface area contributed by atoms with Crippen LogP contribution in [-0.4, -0.2) is 27.6 Å². The van der Waals surface area contributed by atoms with Crippen LogP contribution in [0.25, 0.3) is 0 Å². The molecule has 0 radical (unpaired) electrons. The molecular weight excluding hydrogens is 242 g/mol. The summed E-state index contributed by atoms with van der Waals surface area (Å²) in [6, 6.07) is 0.673. The SMILES string of the molecule is CCCNC1CCC(C)CC1Sc1cnn(C)c1. The van der Waals surface area contributed by atoms with Gasteiger partial charge < -0.3 is 5.32 Å². The molecule has 0 aromatic carbocycles. The summed E-state index contributed by atoms with van der Waals surface area (Å²) in [6.07, 6.45) is 9.34. The first-order valence-corrected chi connectivity index (χ1v) is 7.95. The van der Waals surface area contributed by atoms with Crippen LogP contribution in [0.3, 0.4) is 0 Å². The van der Waals surface area contributed by atoms with Gasteiger partial charge >= 0.3 is 0 Å². The van der Waals surface area contributed by atoms with Crippen molar-refractivity contribution in [1.29, 1.82) is 0 Å². The third kappa shape index (κ3) is 3.75. The Morgan fingerprint density at radius 2 is 2.33 bits per heavy atom. The summed E-state index contributed by atoms with van der Waals surface area (Å²) < 4.78 is 1.89. The van der Waals surface area contributed by atoms with E-state index in [0.29, 0.717) is 11.3 Å². The average Bonchev–Trinajstić information content (AvgIpc) is 2.74. The van der Waals surface area contributed by atoms with Crippen LogP contribution in [0.15, 0.2) is 17.3 Å². The van der Waals surface area contributed by atoms with E-state index in [0.717, 1.165) is 12.5 Å². The molecule has 1 aliphatic carbocycles. The summed E-state index contributed by atoms with van der Waals surface area (Å²) in [5.74, 6) is 0.860. The maximum atomic E-state index is 4.26. The van der Waals surface area contributed by atoms with Gasteiger partial charge in [0.05, 0.1) is 6.20 Å². The van der Waals surface area contributed by atoms with E-state index in [1.165, 1.54) is 30.6 Å². The Balaban J connectivity index is 1.96. The van der Waals surface area contributed by atoms with Gasteiger partial charge in [-0.25, -0.2) is 0 Å². The molecule has 0 aliphatic heterocycles. The van der Waals surface area contributed by atoms with Gasteiger partial charge in [0.25, 0.3) is 0 Å². The molecule has 2 rings (SSSR count). The van der Waals surface area contributed by atoms with Crippen LogP contribution < -0.4 is 5.32 Å². The second-order valence-electron chi connectivity index (χ2n) is 5.48. The highest BCUT2D eigenvalue weighted by molar-refractivity contribution is 8.00. The summed E-state index contributed by atoms with van der Waals surface area (Å²) in [5.41, 5.74) is 0. The van der Waals surface area contributed by atoms with Crippen LogP contribution in [-0.2, 0) is 7.05 Å². The highest BCUT2D eigenvalue weighted by Gasteiger charge is 2.29. The van der Waals surface area contributed by atoms with Gasteiger partial charge in [-0.2, -0.15) is 5.10 Å². The van der Waals surface area contributed by atoms with E-state index in [-0.39, 0.29) is 0 Å². The zero-order valence-electron chi connectivity index (χ0n) is 11.7. The first-order valence-electron chi connectivity index (χ1n) is 7.07. The van der Waals surface area contributed by atoms with Crippen molar-refractivity contribution in [3.63, 3.8) is 0 Å². The average molecular weight is 267 g/mol. The van der Waals surface area contributed by atoms with Gasteiger partial charge in [-0.3, -0.25) is 4.68 Å². The standard InChI is InChI=1S/C14H25N3S/c1-4-7-15-13-6-5-11(2)8-14(13)18-12-9-16-17(3)10-12/h9-11,13-15H,4-8H2,1-3H3. The summed E-state index contributed by atoms with van der Waals surface area (Å²) in [4.78, 5) is 1.31. The molecule has 1 heterocycles. The molecule has 0 saturated heterocycles. The number of aromatic nitrogens is 2. The Bertz CT molecular complexity index is 362. The maximum absolute atomic E-state index is 4.26. The number of hydrogen-bond acceptors (Lipinski definition) is 3. The van der Waals surface area contributed by atoms with Crippen molar-refractivity contribution in [2.24, 2.45) is 13.0 Å². The molecule has 4 heteroatoms. The number of aryl methyl sites for hydroxylation is 1. The first kappa shape index (κ1) is 13.9. The zero-order valence-corrected chi connectivity index (χ0v) is 12.5. The van der Waals surface area contributed by atoms with Gasteiger partial charge in [-0.15, -0.1) is 11.8 Å². The van der Waals surface area contributed by atoms with Gasteiger partial charge in [0.1, 0.15) is 0 Å². The Labute approximate surface area is 115 Å². The van der Waals surface area contributed by atoms with Crippen molar-refractivity contribution >= 4 is 11.8 Å². The van der Waals surface area contributed by atoms with E-state index in [4.69, 9.17) is 0 Å². The van der Waals surface area contributed by atoms with Crippen LogP contribution in [0.2, 0.25) is 0 Å². The second kappa shape index (κ2) is 6.62. The van der Waals surface area contributed by atoms with Gasteiger partial charge in [0.2, 0.25) is 0 Å². The first-order chi connectivity index (χ1) is 8.69. The Morgan fingerprint density at radius 1 is 1.50 bits per heavy atom. The minimum atomic E-state index is 0.673.